The van der Waals surface area contributed by atoms with E-state index in [4.69, 9.17) is 4.43 Å². The second-order valence-corrected chi connectivity index (χ2v) is 21.5. The van der Waals surface area contributed by atoms with E-state index in [9.17, 15) is 4.39 Å². The molecule has 2 atom stereocenters. The molecule has 3 aromatic carbocycles. The lowest BCUT2D eigenvalue weighted by Crippen LogP contribution is -2.60. The summed E-state index contributed by atoms with van der Waals surface area (Å²) in [5, 5.41) is 0.680. The van der Waals surface area contributed by atoms with Crippen molar-refractivity contribution in [3.05, 3.63) is 89.2 Å². The monoisotopic (exact) mass is 518 g/mol. The van der Waals surface area contributed by atoms with Gasteiger partial charge < -0.3 is 4.43 Å². The van der Waals surface area contributed by atoms with Gasteiger partial charge in [-0.15, -0.1) is 0 Å². The Hall–Kier alpha value is -2.18. The van der Waals surface area contributed by atoms with Crippen molar-refractivity contribution in [2.45, 2.75) is 89.3 Å². The van der Waals surface area contributed by atoms with Gasteiger partial charge in [0.15, 0.2) is 0 Å². The van der Waals surface area contributed by atoms with Crippen LogP contribution in [0.1, 0.15) is 64.7 Å². The van der Waals surface area contributed by atoms with E-state index in [2.05, 4.69) is 90.1 Å². The molecular weight excluding hydrogens is 476 g/mol. The predicted molar refractivity (Wildman–Crippen MR) is 158 cm³/mol. The number of rotatable bonds is 11. The number of benzene rings is 3. The Labute approximate surface area is 220 Å². The minimum Gasteiger partial charge on any atom is -0.543 e. The summed E-state index contributed by atoms with van der Waals surface area (Å²) in [6, 6.07) is 27.9. The molecule has 192 valence electrons. The molecule has 0 spiro atoms. The van der Waals surface area contributed by atoms with E-state index in [1.165, 1.54) is 41.2 Å². The molecule has 0 heterocycles. The van der Waals surface area contributed by atoms with Crippen molar-refractivity contribution < 1.29 is 8.82 Å². The van der Waals surface area contributed by atoms with Gasteiger partial charge in [0, 0.05) is 6.04 Å². The molecule has 0 aliphatic heterocycles. The zero-order valence-electron chi connectivity index (χ0n) is 23.0. The van der Waals surface area contributed by atoms with Crippen LogP contribution in [0.15, 0.2) is 66.7 Å². The lowest BCUT2D eigenvalue weighted by atomic mass is 10.1. The topological polar surface area (TPSA) is 9.23 Å². The number of fused-ring (bicyclic) bond motifs is 3. The molecule has 1 nitrogen and oxygen atoms in total. The average molecular weight is 519 g/mol. The fraction of sp³-hybridized carbons (Fsp3) is 0.438. The van der Waals surface area contributed by atoms with Gasteiger partial charge in [0.1, 0.15) is 11.6 Å². The van der Waals surface area contributed by atoms with E-state index in [0.717, 1.165) is 29.3 Å². The van der Waals surface area contributed by atoms with Crippen molar-refractivity contribution in [1.82, 2.24) is 0 Å². The van der Waals surface area contributed by atoms with Gasteiger partial charge in [-0.1, -0.05) is 109 Å². The Kier molecular flexibility index (Phi) is 8.26. The van der Waals surface area contributed by atoms with Gasteiger partial charge in [-0.3, -0.25) is 0 Å². The van der Waals surface area contributed by atoms with Crippen LogP contribution >= 0.6 is 0 Å². The van der Waals surface area contributed by atoms with Gasteiger partial charge in [0.05, 0.1) is 8.07 Å². The smallest absolute Gasteiger partial charge is 0.258 e. The molecule has 0 saturated carbocycles. The predicted octanol–water partition coefficient (Wildman–Crippen LogP) is 9.74. The molecule has 36 heavy (non-hydrogen) atoms. The second-order valence-electron chi connectivity index (χ2n) is 11.1. The van der Waals surface area contributed by atoms with Gasteiger partial charge in [-0.25, -0.2) is 4.39 Å². The average Bonchev–Trinajstić information content (AvgIpc) is 3.24. The Morgan fingerprint density at radius 1 is 0.806 bits per heavy atom. The Balaban J connectivity index is 1.83. The fourth-order valence-corrected chi connectivity index (χ4v) is 22.4. The first-order valence-electron chi connectivity index (χ1n) is 14.0. The van der Waals surface area contributed by atoms with Crippen LogP contribution in [0, 0.1) is 5.82 Å². The van der Waals surface area contributed by atoms with Gasteiger partial charge in [-0.2, -0.15) is 0 Å². The van der Waals surface area contributed by atoms with E-state index in [1.54, 1.807) is 12.1 Å². The second kappa shape index (κ2) is 11.1. The maximum Gasteiger partial charge on any atom is 0.258 e. The number of halogens is 1. The summed E-state index contributed by atoms with van der Waals surface area (Å²) in [5.74, 6) is 0.852. The molecule has 0 bridgehead atoms. The van der Waals surface area contributed by atoms with Crippen LogP contribution in [0.4, 0.5) is 4.39 Å². The highest BCUT2D eigenvalue weighted by molar-refractivity contribution is 6.97. The summed E-state index contributed by atoms with van der Waals surface area (Å²) in [4.78, 5) is 0. The SMILES string of the molecule is CCC([Si](CC)(CC)CC)[Si](Cc1ccccc1)(Oc1ccc2c(c1)-c1ccc(F)cc1C2)C(C)C. The number of hydrogen-bond donors (Lipinski definition) is 0. The molecule has 4 rings (SSSR count). The molecule has 0 amide bonds. The van der Waals surface area contributed by atoms with E-state index >= 15 is 0 Å². The lowest BCUT2D eigenvalue weighted by Gasteiger charge is -2.50. The van der Waals surface area contributed by atoms with E-state index in [1.807, 2.05) is 6.07 Å². The Morgan fingerprint density at radius 2 is 1.50 bits per heavy atom. The van der Waals surface area contributed by atoms with E-state index < -0.39 is 16.4 Å². The standard InChI is InChI=1S/C32H43FOSi2/c1-7-32(35(8-2,9-3)10-4)36(24(5)6,23-25-14-12-11-13-15-25)34-29-18-16-26-20-27-21-28(33)17-19-30(27)31(26)22-29/h11-19,21-22,24,32H,7-10,20,23H2,1-6H3. The van der Waals surface area contributed by atoms with Crippen molar-refractivity contribution in [3.63, 3.8) is 0 Å². The molecule has 0 radical (unpaired) electrons. The molecule has 1 aliphatic rings. The maximum atomic E-state index is 13.9. The highest BCUT2D eigenvalue weighted by atomic mass is 28.4. The molecule has 4 heteroatoms. The molecule has 0 saturated heterocycles. The minimum absolute atomic E-state index is 0.155. The van der Waals surface area contributed by atoms with Crippen LogP contribution in [-0.4, -0.2) is 16.4 Å². The minimum atomic E-state index is -2.31. The zero-order valence-corrected chi connectivity index (χ0v) is 25.0. The largest absolute Gasteiger partial charge is 0.543 e. The first kappa shape index (κ1) is 26.9. The summed E-state index contributed by atoms with van der Waals surface area (Å²) >= 11 is 0. The van der Waals surface area contributed by atoms with Crippen LogP contribution in [0.5, 0.6) is 5.75 Å². The molecule has 0 N–H and O–H groups in total. The maximum absolute atomic E-state index is 13.9. The summed E-state index contributed by atoms with van der Waals surface area (Å²) < 4.78 is 21.4. The van der Waals surface area contributed by atoms with Crippen LogP contribution in [-0.2, 0) is 12.5 Å². The van der Waals surface area contributed by atoms with Crippen molar-refractivity contribution in [2.75, 3.05) is 0 Å². The third-order valence-electron chi connectivity index (χ3n) is 9.28. The number of hydrogen-bond acceptors (Lipinski definition) is 1. The lowest BCUT2D eigenvalue weighted by molar-refractivity contribution is 0.497. The third-order valence-corrected chi connectivity index (χ3v) is 23.8. The van der Waals surface area contributed by atoms with Gasteiger partial charge in [-0.05, 0) is 69.2 Å². The van der Waals surface area contributed by atoms with Crippen molar-refractivity contribution in [3.8, 4) is 16.9 Å². The Bertz CT molecular complexity index is 1160. The molecule has 1 aliphatic carbocycles. The quantitative estimate of drug-likeness (QED) is 0.180. The van der Waals surface area contributed by atoms with Crippen LogP contribution in [0.2, 0.25) is 28.8 Å². The van der Waals surface area contributed by atoms with Gasteiger partial charge >= 0.3 is 0 Å². The first-order valence-corrected chi connectivity index (χ1v) is 18.9. The van der Waals surface area contributed by atoms with Crippen molar-refractivity contribution >= 4 is 16.4 Å². The summed E-state index contributed by atoms with van der Waals surface area (Å²) in [6.45, 7) is 14.6. The molecule has 3 aromatic rings. The molecule has 2 unspecified atom stereocenters. The molecular formula is C32H43FOSi2. The first-order chi connectivity index (χ1) is 17.3. The van der Waals surface area contributed by atoms with Gasteiger partial charge in [0.25, 0.3) is 8.32 Å². The van der Waals surface area contributed by atoms with E-state index in [-0.39, 0.29) is 5.82 Å². The van der Waals surface area contributed by atoms with Crippen molar-refractivity contribution in [2.24, 2.45) is 0 Å². The molecule has 0 aromatic heterocycles. The van der Waals surface area contributed by atoms with Crippen LogP contribution in [0.3, 0.4) is 0 Å². The highest BCUT2D eigenvalue weighted by Gasteiger charge is 2.55. The van der Waals surface area contributed by atoms with Crippen molar-refractivity contribution in [1.29, 1.82) is 0 Å². The van der Waals surface area contributed by atoms with E-state index in [0.29, 0.717) is 10.7 Å². The normalized spacial score (nSPS) is 15.3. The van der Waals surface area contributed by atoms with Crippen LogP contribution in [0.25, 0.3) is 11.1 Å². The Morgan fingerprint density at radius 3 is 2.11 bits per heavy atom. The van der Waals surface area contributed by atoms with Gasteiger partial charge in [0.2, 0.25) is 0 Å². The molecule has 0 fully saturated rings. The zero-order chi connectivity index (χ0) is 25.9. The summed E-state index contributed by atoms with van der Waals surface area (Å²) in [7, 11) is -3.86. The van der Waals surface area contributed by atoms with Crippen LogP contribution < -0.4 is 4.43 Å². The third kappa shape index (κ3) is 4.87. The fourth-order valence-electron chi connectivity index (χ4n) is 7.08. The summed E-state index contributed by atoms with van der Waals surface area (Å²) in [5.41, 5.74) is 6.63. The highest BCUT2D eigenvalue weighted by Crippen LogP contribution is 2.49. The summed E-state index contributed by atoms with van der Waals surface area (Å²) in [6.07, 6.45) is 2.00.